The smallest absolute Gasteiger partial charge is 0.331 e. The zero-order valence-electron chi connectivity index (χ0n) is 50.3. The molecule has 0 saturated carbocycles. The Hall–Kier alpha value is -5.38. The fraction of sp³-hybridized carbons (Fsp3) is 0.815. The van der Waals surface area contributed by atoms with Crippen molar-refractivity contribution in [2.45, 2.75) is 150 Å². The molecule has 0 radical (unpaired) electrons. The number of amides is 7. The molecule has 0 unspecified atom stereocenters. The summed E-state index contributed by atoms with van der Waals surface area (Å²) in [5, 5.41) is 31.7. The molecule has 0 aromatic carbocycles. The van der Waals surface area contributed by atoms with Crippen LogP contribution in [-0.2, 0) is 79.7 Å². The summed E-state index contributed by atoms with van der Waals surface area (Å²) >= 11 is 0. The van der Waals surface area contributed by atoms with Gasteiger partial charge in [-0.15, -0.1) is 5.10 Å². The molecule has 9 atom stereocenters. The number of nitrogens with zero attached hydrogens (tertiary/aromatic N) is 7. The second kappa shape index (κ2) is 36.9. The van der Waals surface area contributed by atoms with Crippen LogP contribution in [0.2, 0.25) is 0 Å². The first-order valence-electron chi connectivity index (χ1n) is 28.0. The summed E-state index contributed by atoms with van der Waals surface area (Å²) in [4.78, 5) is 117. The van der Waals surface area contributed by atoms with Gasteiger partial charge in [-0.25, -0.2) is 9.48 Å². The lowest BCUT2D eigenvalue weighted by Crippen LogP contribution is -2.63. The van der Waals surface area contributed by atoms with Gasteiger partial charge in [0, 0.05) is 53.9 Å². The molecule has 1 aliphatic rings. The van der Waals surface area contributed by atoms with Crippen LogP contribution in [0.25, 0.3) is 0 Å². The SMILES string of the molecule is CC[C@H](C)[C@H]1NC(=O)[C@@H]([C@H](O)C(C)C)NC(=O)[C@@H](Cc2cn(CCOCCOCCNCCOCCOCCOCC(=O)OC)nn2)N(C)C(=O)[C@H](C)N(C)C(=O)[C@H](CC(C)C)NC(=O)[C@H](CC(C)C)N(C)C(=O)[C@H](C)N(C)C1=O. The van der Waals surface area contributed by atoms with Gasteiger partial charge in [0.15, 0.2) is 0 Å². The number of hydrogen-bond acceptors (Lipinski definition) is 18. The quantitative estimate of drug-likeness (QED) is 0.0485. The standard InChI is InChI=1S/C54H97N11O15/c1-16-37(8)45-54(74)62(12)39(10)52(72)63(13)42(30-35(4)5)48(68)56-41(29-34(2)3)53(73)61(11)38(9)51(71)64(14)43(49(69)58-46(50(70)57-45)47(67)36(6)7)31-40-32-65(60-59-40)19-22-78-25-23-76-20-17-55-18-21-77-24-26-79-27-28-80-33-44(66)75-15/h32,34-39,41-43,45-47,55,67H,16-31,33H2,1-15H3,(H,56,68)(H,57,70)(H,58,69)/t37-,38-,39-,41-,42-,43+,45+,46+,47+/m0/s1. The summed E-state index contributed by atoms with van der Waals surface area (Å²) in [5.74, 6) is -6.42. The first-order valence-corrected chi connectivity index (χ1v) is 28.0. The van der Waals surface area contributed by atoms with Gasteiger partial charge in [0.2, 0.25) is 41.4 Å². The Morgan fingerprint density at radius 2 is 1.11 bits per heavy atom. The Morgan fingerprint density at radius 1 is 0.625 bits per heavy atom. The first kappa shape index (κ1) is 70.7. The lowest BCUT2D eigenvalue weighted by atomic mass is 9.94. The van der Waals surface area contributed by atoms with E-state index in [0.29, 0.717) is 71.5 Å². The number of rotatable bonds is 30. The highest BCUT2D eigenvalue weighted by Gasteiger charge is 2.42. The molecule has 1 saturated heterocycles. The van der Waals surface area contributed by atoms with E-state index in [2.05, 4.69) is 36.3 Å². The molecular weight excluding hydrogens is 1040 g/mol. The van der Waals surface area contributed by atoms with Crippen molar-refractivity contribution >= 4 is 47.3 Å². The largest absolute Gasteiger partial charge is 0.467 e. The highest BCUT2D eigenvalue weighted by atomic mass is 16.6. The summed E-state index contributed by atoms with van der Waals surface area (Å²) < 4.78 is 33.4. The van der Waals surface area contributed by atoms with Crippen molar-refractivity contribution in [2.75, 3.05) is 114 Å². The molecule has 2 rings (SSSR count). The zero-order chi connectivity index (χ0) is 60.2. The molecule has 26 heteroatoms. The summed E-state index contributed by atoms with van der Waals surface area (Å²) in [6.45, 7) is 22.2. The number of methoxy groups -OCH3 is 1. The predicted molar refractivity (Wildman–Crippen MR) is 295 cm³/mol. The minimum Gasteiger partial charge on any atom is -0.467 e. The van der Waals surface area contributed by atoms with E-state index in [1.807, 2.05) is 34.6 Å². The molecule has 1 aliphatic heterocycles. The van der Waals surface area contributed by atoms with Crippen LogP contribution in [0.15, 0.2) is 6.20 Å². The van der Waals surface area contributed by atoms with Gasteiger partial charge in [0.1, 0.15) is 48.9 Å². The number of esters is 1. The van der Waals surface area contributed by atoms with Gasteiger partial charge < -0.3 is 74.4 Å². The summed E-state index contributed by atoms with van der Waals surface area (Å²) in [7, 11) is 7.02. The number of aliphatic hydroxyl groups is 1. The molecule has 458 valence electrons. The fourth-order valence-electron chi connectivity index (χ4n) is 8.48. The van der Waals surface area contributed by atoms with Crippen LogP contribution in [-0.4, -0.2) is 250 Å². The van der Waals surface area contributed by atoms with Gasteiger partial charge in [0.25, 0.3) is 0 Å². The van der Waals surface area contributed by atoms with Gasteiger partial charge in [-0.05, 0) is 50.4 Å². The Balaban J connectivity index is 2.33. The Morgan fingerprint density at radius 3 is 1.64 bits per heavy atom. The number of aromatic nitrogens is 3. The van der Waals surface area contributed by atoms with E-state index >= 15 is 0 Å². The third-order valence-corrected chi connectivity index (χ3v) is 14.1. The Bertz CT molecular complexity index is 2080. The van der Waals surface area contributed by atoms with Crippen LogP contribution in [0.1, 0.15) is 94.2 Å². The van der Waals surface area contributed by atoms with Gasteiger partial charge in [-0.2, -0.15) is 0 Å². The number of ether oxygens (including phenoxy) is 6. The molecule has 26 nitrogen and oxygen atoms in total. The number of aliphatic hydroxyl groups excluding tert-OH is 1. The maximum Gasteiger partial charge on any atom is 0.331 e. The average Bonchev–Trinajstić information content (AvgIpc) is 3.88. The highest BCUT2D eigenvalue weighted by Crippen LogP contribution is 2.20. The number of likely N-dealkylation sites (N-methyl/N-ethyl adjacent to an activating group) is 4. The molecular formula is C54H97N11O15. The topological polar surface area (TPSA) is 304 Å². The van der Waals surface area contributed by atoms with Crippen LogP contribution in [0.4, 0.5) is 0 Å². The van der Waals surface area contributed by atoms with Gasteiger partial charge in [0.05, 0.1) is 84.9 Å². The summed E-state index contributed by atoms with van der Waals surface area (Å²) in [6, 6.07) is -8.71. The third kappa shape index (κ3) is 23.6. The highest BCUT2D eigenvalue weighted by molar-refractivity contribution is 5.98. The lowest BCUT2D eigenvalue weighted by molar-refractivity contribution is -0.150. The van der Waals surface area contributed by atoms with Crippen molar-refractivity contribution in [2.24, 2.45) is 23.7 Å². The molecule has 0 bridgehead atoms. The maximum atomic E-state index is 14.8. The summed E-state index contributed by atoms with van der Waals surface area (Å²) in [5.41, 5.74) is 0.293. The lowest BCUT2D eigenvalue weighted by Gasteiger charge is -2.37. The second-order valence-electron chi connectivity index (χ2n) is 21.6. The van der Waals surface area contributed by atoms with Crippen molar-refractivity contribution in [1.29, 1.82) is 0 Å². The predicted octanol–water partition coefficient (Wildman–Crippen LogP) is -0.363. The van der Waals surface area contributed by atoms with Crippen LogP contribution in [0.3, 0.4) is 0 Å². The Kier molecular flexibility index (Phi) is 32.6. The van der Waals surface area contributed by atoms with E-state index in [-0.39, 0.29) is 57.5 Å². The molecule has 0 aliphatic carbocycles. The molecule has 1 aromatic heterocycles. The fourth-order valence-corrected chi connectivity index (χ4v) is 8.48. The minimum absolute atomic E-state index is 0.0730. The molecule has 1 fully saturated rings. The normalized spacial score (nSPS) is 22.7. The van der Waals surface area contributed by atoms with Crippen LogP contribution in [0.5, 0.6) is 0 Å². The minimum atomic E-state index is -1.63. The van der Waals surface area contributed by atoms with E-state index in [1.165, 1.54) is 68.5 Å². The van der Waals surface area contributed by atoms with E-state index in [1.54, 1.807) is 27.0 Å². The van der Waals surface area contributed by atoms with E-state index in [9.17, 15) is 43.5 Å². The van der Waals surface area contributed by atoms with Crippen LogP contribution >= 0.6 is 0 Å². The van der Waals surface area contributed by atoms with Crippen molar-refractivity contribution in [3.63, 3.8) is 0 Å². The average molecular weight is 1140 g/mol. The van der Waals surface area contributed by atoms with Crippen molar-refractivity contribution in [3.05, 3.63) is 11.9 Å². The first-order chi connectivity index (χ1) is 37.8. The molecule has 2 heterocycles. The zero-order valence-corrected chi connectivity index (χ0v) is 50.3. The second-order valence-corrected chi connectivity index (χ2v) is 21.6. The van der Waals surface area contributed by atoms with Crippen molar-refractivity contribution in [3.8, 4) is 0 Å². The van der Waals surface area contributed by atoms with Gasteiger partial charge in [-0.1, -0.05) is 67.0 Å². The van der Waals surface area contributed by atoms with Crippen LogP contribution in [0, 0.1) is 23.7 Å². The molecule has 1 aromatic rings. The molecule has 0 spiro atoms. The summed E-state index contributed by atoms with van der Waals surface area (Å²) in [6.07, 6.45) is 0.738. The van der Waals surface area contributed by atoms with Crippen LogP contribution < -0.4 is 21.3 Å². The van der Waals surface area contributed by atoms with Crippen molar-refractivity contribution in [1.82, 2.24) is 55.9 Å². The van der Waals surface area contributed by atoms with Crippen molar-refractivity contribution < 1.29 is 71.9 Å². The van der Waals surface area contributed by atoms with E-state index in [4.69, 9.17) is 23.7 Å². The number of carbonyl (C=O) groups is 8. The number of nitrogens with one attached hydrogen (secondary N) is 4. The molecule has 7 amide bonds. The van der Waals surface area contributed by atoms with Gasteiger partial charge >= 0.3 is 5.97 Å². The number of carbonyl (C=O) groups excluding carboxylic acids is 8. The van der Waals surface area contributed by atoms with E-state index < -0.39 is 108 Å². The molecule has 80 heavy (non-hydrogen) atoms. The third-order valence-electron chi connectivity index (χ3n) is 14.1. The molecule has 5 N–H and O–H groups in total. The maximum absolute atomic E-state index is 14.8. The Labute approximate surface area is 473 Å². The number of hydrogen-bond donors (Lipinski definition) is 5. The van der Waals surface area contributed by atoms with E-state index in [0.717, 1.165) is 4.90 Å². The van der Waals surface area contributed by atoms with Gasteiger partial charge in [-0.3, -0.25) is 33.6 Å². The monoisotopic (exact) mass is 1140 g/mol.